The predicted molar refractivity (Wildman–Crippen MR) is 69.7 cm³/mol. The summed E-state index contributed by atoms with van der Waals surface area (Å²) in [6.07, 6.45) is 1.68. The van der Waals surface area contributed by atoms with Crippen LogP contribution in [0.25, 0.3) is 0 Å². The first-order valence-electron chi connectivity index (χ1n) is 6.21. The average molecular weight is 220 g/mol. The lowest BCUT2D eigenvalue weighted by molar-refractivity contribution is 0.145. The molecular formula is C15H24O. The van der Waals surface area contributed by atoms with Crippen molar-refractivity contribution >= 4 is 0 Å². The maximum atomic E-state index is 10.3. The number of rotatable bonds is 4. The van der Waals surface area contributed by atoms with E-state index in [-0.39, 0.29) is 6.10 Å². The summed E-state index contributed by atoms with van der Waals surface area (Å²) >= 11 is 0. The molecule has 2 unspecified atom stereocenters. The molecule has 0 bridgehead atoms. The Morgan fingerprint density at radius 2 is 1.62 bits per heavy atom. The van der Waals surface area contributed by atoms with Crippen LogP contribution in [-0.4, -0.2) is 5.11 Å². The molecule has 0 saturated carbocycles. The summed E-state index contributed by atoms with van der Waals surface area (Å²) in [5.74, 6) is 0.579. The van der Waals surface area contributed by atoms with Crippen molar-refractivity contribution in [3.05, 3.63) is 34.4 Å². The Hall–Kier alpha value is -0.820. The van der Waals surface area contributed by atoms with E-state index in [9.17, 15) is 5.11 Å². The molecule has 0 fully saturated rings. The van der Waals surface area contributed by atoms with E-state index >= 15 is 0 Å². The van der Waals surface area contributed by atoms with Gasteiger partial charge in [0.05, 0.1) is 6.10 Å². The topological polar surface area (TPSA) is 20.2 Å². The Morgan fingerprint density at radius 1 is 1.12 bits per heavy atom. The monoisotopic (exact) mass is 220 g/mol. The first kappa shape index (κ1) is 13.2. The molecular weight excluding hydrogens is 196 g/mol. The fourth-order valence-electron chi connectivity index (χ4n) is 2.38. The fourth-order valence-corrected chi connectivity index (χ4v) is 2.38. The van der Waals surface area contributed by atoms with Crippen LogP contribution in [0.4, 0.5) is 0 Å². The van der Waals surface area contributed by atoms with Gasteiger partial charge in [-0.25, -0.2) is 0 Å². The van der Waals surface area contributed by atoms with Crippen molar-refractivity contribution in [1.82, 2.24) is 0 Å². The van der Waals surface area contributed by atoms with Gasteiger partial charge in [-0.05, 0) is 49.8 Å². The molecule has 2 atom stereocenters. The molecule has 0 aliphatic rings. The summed E-state index contributed by atoms with van der Waals surface area (Å²) < 4.78 is 0. The summed E-state index contributed by atoms with van der Waals surface area (Å²) in [5.41, 5.74) is 4.84. The molecule has 0 aromatic heterocycles. The van der Waals surface area contributed by atoms with Crippen LogP contribution in [0.3, 0.4) is 0 Å². The van der Waals surface area contributed by atoms with E-state index in [1.807, 2.05) is 0 Å². The summed E-state index contributed by atoms with van der Waals surface area (Å²) in [5, 5.41) is 10.3. The number of aryl methyl sites for hydroxylation is 3. The zero-order chi connectivity index (χ0) is 12.3. The molecule has 0 radical (unpaired) electrons. The molecule has 0 saturated heterocycles. The highest BCUT2D eigenvalue weighted by atomic mass is 16.3. The highest BCUT2D eigenvalue weighted by molar-refractivity contribution is 5.38. The second-order valence-corrected chi connectivity index (χ2v) is 5.08. The Morgan fingerprint density at radius 3 is 2.06 bits per heavy atom. The molecule has 1 rings (SSSR count). The summed E-state index contributed by atoms with van der Waals surface area (Å²) in [4.78, 5) is 0. The normalized spacial score (nSPS) is 14.9. The molecule has 0 amide bonds. The first-order valence-corrected chi connectivity index (χ1v) is 6.21. The van der Waals surface area contributed by atoms with Crippen LogP contribution in [-0.2, 0) is 0 Å². The van der Waals surface area contributed by atoms with Crippen LogP contribution in [0.1, 0.15) is 55.0 Å². The minimum absolute atomic E-state index is 0.310. The number of benzene rings is 1. The number of aliphatic hydroxyl groups is 1. The zero-order valence-corrected chi connectivity index (χ0v) is 11.2. The highest BCUT2D eigenvalue weighted by Gasteiger charge is 2.15. The van der Waals surface area contributed by atoms with Crippen LogP contribution in [0.15, 0.2) is 12.1 Å². The second-order valence-electron chi connectivity index (χ2n) is 5.08. The minimum atomic E-state index is -0.310. The number of hydrogen-bond acceptors (Lipinski definition) is 1. The second kappa shape index (κ2) is 5.49. The van der Waals surface area contributed by atoms with Gasteiger partial charge in [-0.2, -0.15) is 0 Å². The quantitative estimate of drug-likeness (QED) is 0.810. The number of hydrogen-bond donors (Lipinski definition) is 1. The van der Waals surface area contributed by atoms with Crippen molar-refractivity contribution in [2.75, 3.05) is 0 Å². The fraction of sp³-hybridized carbons (Fsp3) is 0.600. The van der Waals surface area contributed by atoms with E-state index < -0.39 is 0 Å². The smallest absolute Gasteiger partial charge is 0.0797 e. The third-order valence-corrected chi connectivity index (χ3v) is 3.39. The lowest BCUT2D eigenvalue weighted by Crippen LogP contribution is -2.07. The van der Waals surface area contributed by atoms with Gasteiger partial charge in [0, 0.05) is 0 Å². The van der Waals surface area contributed by atoms with E-state index in [0.717, 1.165) is 18.4 Å². The largest absolute Gasteiger partial charge is 0.388 e. The molecule has 0 aliphatic carbocycles. The number of aliphatic hydroxyl groups excluding tert-OH is 1. The maximum Gasteiger partial charge on any atom is 0.0797 e. The average Bonchev–Trinajstić information content (AvgIpc) is 2.15. The van der Waals surface area contributed by atoms with E-state index in [1.165, 1.54) is 16.7 Å². The molecule has 1 aromatic carbocycles. The van der Waals surface area contributed by atoms with Gasteiger partial charge in [0.25, 0.3) is 0 Å². The van der Waals surface area contributed by atoms with Crippen LogP contribution < -0.4 is 0 Å². The molecule has 0 heterocycles. The van der Waals surface area contributed by atoms with Crippen molar-refractivity contribution < 1.29 is 5.11 Å². The lowest BCUT2D eigenvalue weighted by Gasteiger charge is -2.20. The predicted octanol–water partition coefficient (Wildman–Crippen LogP) is 4.08. The van der Waals surface area contributed by atoms with Crippen LogP contribution in [0.2, 0.25) is 0 Å². The maximum absolute atomic E-state index is 10.3. The van der Waals surface area contributed by atoms with Gasteiger partial charge in [-0.3, -0.25) is 0 Å². The first-order chi connectivity index (χ1) is 7.45. The third-order valence-electron chi connectivity index (χ3n) is 3.39. The van der Waals surface area contributed by atoms with Crippen molar-refractivity contribution in [2.24, 2.45) is 5.92 Å². The van der Waals surface area contributed by atoms with Crippen LogP contribution in [0, 0.1) is 26.7 Å². The Balaban J connectivity index is 2.95. The zero-order valence-electron chi connectivity index (χ0n) is 11.2. The SMILES string of the molecule is CCC(C)CC(O)c1c(C)cc(C)cc1C. The van der Waals surface area contributed by atoms with E-state index in [0.29, 0.717) is 5.92 Å². The summed E-state index contributed by atoms with van der Waals surface area (Å²) in [6.45, 7) is 10.7. The lowest BCUT2D eigenvalue weighted by atomic mass is 9.90. The standard InChI is InChI=1S/C15H24O/c1-6-10(2)9-14(16)15-12(4)7-11(3)8-13(15)5/h7-8,10,14,16H,6,9H2,1-5H3. The van der Waals surface area contributed by atoms with Crippen molar-refractivity contribution in [1.29, 1.82) is 0 Å². The molecule has 16 heavy (non-hydrogen) atoms. The van der Waals surface area contributed by atoms with Gasteiger partial charge in [0.2, 0.25) is 0 Å². The molecule has 0 spiro atoms. The van der Waals surface area contributed by atoms with Gasteiger partial charge < -0.3 is 5.11 Å². The molecule has 0 aliphatic heterocycles. The minimum Gasteiger partial charge on any atom is -0.388 e. The van der Waals surface area contributed by atoms with E-state index in [2.05, 4.69) is 46.8 Å². The molecule has 1 aromatic rings. The van der Waals surface area contributed by atoms with Gasteiger partial charge in [-0.1, -0.05) is 38.0 Å². The van der Waals surface area contributed by atoms with Crippen molar-refractivity contribution in [3.8, 4) is 0 Å². The van der Waals surface area contributed by atoms with Crippen LogP contribution >= 0.6 is 0 Å². The Labute approximate surface area is 99.5 Å². The summed E-state index contributed by atoms with van der Waals surface area (Å²) in [6, 6.07) is 4.31. The van der Waals surface area contributed by atoms with Gasteiger partial charge in [0.1, 0.15) is 0 Å². The van der Waals surface area contributed by atoms with Crippen molar-refractivity contribution in [3.63, 3.8) is 0 Å². The Kier molecular flexibility index (Phi) is 4.55. The van der Waals surface area contributed by atoms with Gasteiger partial charge in [0.15, 0.2) is 0 Å². The highest BCUT2D eigenvalue weighted by Crippen LogP contribution is 2.28. The molecule has 1 heteroatoms. The van der Waals surface area contributed by atoms with Gasteiger partial charge in [-0.15, -0.1) is 0 Å². The summed E-state index contributed by atoms with van der Waals surface area (Å²) in [7, 11) is 0. The van der Waals surface area contributed by atoms with Gasteiger partial charge >= 0.3 is 0 Å². The van der Waals surface area contributed by atoms with E-state index in [1.54, 1.807) is 0 Å². The Bertz CT molecular complexity index is 331. The molecule has 1 N–H and O–H groups in total. The van der Waals surface area contributed by atoms with Crippen LogP contribution in [0.5, 0.6) is 0 Å². The molecule has 1 nitrogen and oxygen atoms in total. The van der Waals surface area contributed by atoms with E-state index in [4.69, 9.17) is 0 Å². The third kappa shape index (κ3) is 3.08. The van der Waals surface area contributed by atoms with Crippen molar-refractivity contribution in [2.45, 2.75) is 53.6 Å². The molecule has 90 valence electrons.